The molecule has 0 saturated heterocycles. The molecule has 1 aromatic carbocycles. The highest BCUT2D eigenvalue weighted by atomic mass is 35.5. The van der Waals surface area contributed by atoms with E-state index in [0.29, 0.717) is 37.7 Å². The minimum atomic E-state index is -0.189. The molecule has 1 aromatic heterocycles. The lowest BCUT2D eigenvalue weighted by atomic mass is 10.0. The number of amides is 2. The first kappa shape index (κ1) is 23.6. The molecule has 0 spiro atoms. The fourth-order valence-electron chi connectivity index (χ4n) is 3.76. The van der Waals surface area contributed by atoms with Crippen molar-refractivity contribution >= 4 is 34.8 Å². The second-order valence-electron chi connectivity index (χ2n) is 7.66. The maximum absolute atomic E-state index is 13.2. The number of thiophene rings is 1. The van der Waals surface area contributed by atoms with E-state index in [4.69, 9.17) is 21.1 Å². The standard InChI is InChI=1S/C23H29ClN2O4S/c1-16-13-18(5-6-20(16)24)30-15-21-19-8-12-31-22(19)7-10-26(21)23(28)14-25(17(2)27)9-4-11-29-3/h5-6,8,12-13,21H,4,7,9-11,14-15H2,1-3H3/t21-/m1/s1. The van der Waals surface area contributed by atoms with Gasteiger partial charge in [0.25, 0.3) is 0 Å². The molecule has 0 aliphatic carbocycles. The summed E-state index contributed by atoms with van der Waals surface area (Å²) in [6.07, 6.45) is 1.51. The molecule has 8 heteroatoms. The van der Waals surface area contributed by atoms with Gasteiger partial charge in [0.2, 0.25) is 11.8 Å². The van der Waals surface area contributed by atoms with Crippen molar-refractivity contribution in [3.05, 3.63) is 50.7 Å². The molecule has 0 fully saturated rings. The molecule has 1 aliphatic heterocycles. The molecule has 6 nitrogen and oxygen atoms in total. The summed E-state index contributed by atoms with van der Waals surface area (Å²) in [5, 5.41) is 2.75. The Morgan fingerprint density at radius 2 is 2.13 bits per heavy atom. The van der Waals surface area contributed by atoms with Crippen molar-refractivity contribution in [2.24, 2.45) is 0 Å². The fourth-order valence-corrected chi connectivity index (χ4v) is 4.80. The van der Waals surface area contributed by atoms with Crippen LogP contribution in [0.2, 0.25) is 5.02 Å². The Morgan fingerprint density at radius 1 is 1.32 bits per heavy atom. The number of hydrogen-bond donors (Lipinski definition) is 0. The number of methoxy groups -OCH3 is 1. The number of aryl methyl sites for hydroxylation is 1. The monoisotopic (exact) mass is 464 g/mol. The van der Waals surface area contributed by atoms with Gasteiger partial charge in [-0.3, -0.25) is 9.59 Å². The number of benzene rings is 1. The number of hydrogen-bond acceptors (Lipinski definition) is 5. The summed E-state index contributed by atoms with van der Waals surface area (Å²) in [4.78, 5) is 30.0. The van der Waals surface area contributed by atoms with Gasteiger partial charge in [0.1, 0.15) is 12.4 Å². The molecule has 0 N–H and O–H groups in total. The minimum absolute atomic E-state index is 0.0645. The molecule has 1 aliphatic rings. The highest BCUT2D eigenvalue weighted by Crippen LogP contribution is 2.34. The predicted molar refractivity (Wildman–Crippen MR) is 123 cm³/mol. The fraction of sp³-hybridized carbons (Fsp3) is 0.478. The van der Waals surface area contributed by atoms with Crippen LogP contribution in [0.4, 0.5) is 0 Å². The first-order chi connectivity index (χ1) is 14.9. The van der Waals surface area contributed by atoms with Crippen molar-refractivity contribution in [1.29, 1.82) is 0 Å². The van der Waals surface area contributed by atoms with E-state index in [0.717, 1.165) is 23.3 Å². The second-order valence-corrected chi connectivity index (χ2v) is 9.07. The van der Waals surface area contributed by atoms with E-state index < -0.39 is 0 Å². The number of nitrogens with zero attached hydrogens (tertiary/aromatic N) is 2. The average Bonchev–Trinajstić information content (AvgIpc) is 3.22. The van der Waals surface area contributed by atoms with Gasteiger partial charge in [0, 0.05) is 43.6 Å². The van der Waals surface area contributed by atoms with Gasteiger partial charge in [-0.15, -0.1) is 11.3 Å². The first-order valence-electron chi connectivity index (χ1n) is 10.4. The SMILES string of the molecule is COCCCN(CC(=O)N1CCc2sccc2[C@H]1COc1ccc(Cl)c(C)c1)C(C)=O. The van der Waals surface area contributed by atoms with Gasteiger partial charge in [0.15, 0.2) is 0 Å². The van der Waals surface area contributed by atoms with Gasteiger partial charge in [-0.2, -0.15) is 0 Å². The van der Waals surface area contributed by atoms with Crippen molar-refractivity contribution in [2.75, 3.05) is 40.0 Å². The molecule has 3 rings (SSSR count). The van der Waals surface area contributed by atoms with E-state index in [1.54, 1.807) is 23.3 Å². The smallest absolute Gasteiger partial charge is 0.242 e. The van der Waals surface area contributed by atoms with Gasteiger partial charge < -0.3 is 19.3 Å². The number of rotatable bonds is 9. The Morgan fingerprint density at radius 3 is 2.84 bits per heavy atom. The third-order valence-electron chi connectivity index (χ3n) is 5.50. The van der Waals surface area contributed by atoms with Gasteiger partial charge in [-0.05, 0) is 60.5 Å². The Labute approximate surface area is 192 Å². The molecule has 168 valence electrons. The van der Waals surface area contributed by atoms with E-state index in [1.165, 1.54) is 11.8 Å². The van der Waals surface area contributed by atoms with E-state index >= 15 is 0 Å². The highest BCUT2D eigenvalue weighted by Gasteiger charge is 2.33. The maximum Gasteiger partial charge on any atom is 0.242 e. The third-order valence-corrected chi connectivity index (χ3v) is 6.92. The normalized spacial score (nSPS) is 15.5. The van der Waals surface area contributed by atoms with E-state index in [1.807, 2.05) is 30.0 Å². The van der Waals surface area contributed by atoms with Crippen LogP contribution < -0.4 is 4.74 Å². The summed E-state index contributed by atoms with van der Waals surface area (Å²) in [6.45, 7) is 5.51. The maximum atomic E-state index is 13.2. The van der Waals surface area contributed by atoms with Crippen LogP contribution in [0.3, 0.4) is 0 Å². The summed E-state index contributed by atoms with van der Waals surface area (Å²) in [7, 11) is 1.63. The number of fused-ring (bicyclic) bond motifs is 1. The zero-order chi connectivity index (χ0) is 22.4. The zero-order valence-corrected chi connectivity index (χ0v) is 19.8. The lowest BCUT2D eigenvalue weighted by molar-refractivity contribution is -0.142. The van der Waals surface area contributed by atoms with Crippen molar-refractivity contribution in [3.8, 4) is 5.75 Å². The van der Waals surface area contributed by atoms with Gasteiger partial charge in [-0.1, -0.05) is 11.6 Å². The topological polar surface area (TPSA) is 59.1 Å². The molecule has 0 saturated carbocycles. The largest absolute Gasteiger partial charge is 0.491 e. The van der Waals surface area contributed by atoms with E-state index in [9.17, 15) is 9.59 Å². The Bertz CT molecular complexity index is 917. The molecule has 2 aromatic rings. The van der Waals surface area contributed by atoms with Gasteiger partial charge in [0.05, 0.1) is 12.6 Å². The van der Waals surface area contributed by atoms with Crippen LogP contribution in [0.25, 0.3) is 0 Å². The summed E-state index contributed by atoms with van der Waals surface area (Å²) < 4.78 is 11.1. The van der Waals surface area contributed by atoms with Crippen LogP contribution in [-0.2, 0) is 20.7 Å². The van der Waals surface area contributed by atoms with Crippen LogP contribution in [-0.4, -0.2) is 61.6 Å². The quantitative estimate of drug-likeness (QED) is 0.524. The molecule has 31 heavy (non-hydrogen) atoms. The molecule has 2 heterocycles. The summed E-state index contributed by atoms with van der Waals surface area (Å²) in [5.74, 6) is 0.550. The lowest BCUT2D eigenvalue weighted by Gasteiger charge is -2.37. The van der Waals surface area contributed by atoms with Crippen LogP contribution in [0.1, 0.15) is 35.4 Å². The van der Waals surface area contributed by atoms with E-state index in [-0.39, 0.29) is 24.4 Å². The summed E-state index contributed by atoms with van der Waals surface area (Å²) in [5.41, 5.74) is 2.07. The molecular formula is C23H29ClN2O4S. The number of halogens is 1. The van der Waals surface area contributed by atoms with Crippen molar-refractivity contribution in [1.82, 2.24) is 9.80 Å². The molecule has 0 bridgehead atoms. The van der Waals surface area contributed by atoms with Crippen molar-refractivity contribution < 1.29 is 19.1 Å². The summed E-state index contributed by atoms with van der Waals surface area (Å²) in [6, 6.07) is 7.44. The van der Waals surface area contributed by atoms with E-state index in [2.05, 4.69) is 11.4 Å². The van der Waals surface area contributed by atoms with Crippen LogP contribution >= 0.6 is 22.9 Å². The average molecular weight is 465 g/mol. The van der Waals surface area contributed by atoms with Crippen LogP contribution in [0, 0.1) is 6.92 Å². The Hall–Kier alpha value is -2.09. The predicted octanol–water partition coefficient (Wildman–Crippen LogP) is 4.10. The molecule has 2 amide bonds. The third kappa shape index (κ3) is 5.99. The van der Waals surface area contributed by atoms with Crippen molar-refractivity contribution in [3.63, 3.8) is 0 Å². The van der Waals surface area contributed by atoms with Gasteiger partial charge >= 0.3 is 0 Å². The molecular weight excluding hydrogens is 436 g/mol. The number of carbonyl (C=O) groups excluding carboxylic acids is 2. The number of ether oxygens (including phenoxy) is 2. The lowest BCUT2D eigenvalue weighted by Crippen LogP contribution is -2.47. The minimum Gasteiger partial charge on any atom is -0.491 e. The zero-order valence-electron chi connectivity index (χ0n) is 18.2. The van der Waals surface area contributed by atoms with Gasteiger partial charge in [-0.25, -0.2) is 0 Å². The number of carbonyl (C=O) groups is 2. The second kappa shape index (κ2) is 11.0. The Balaban J connectivity index is 1.73. The van der Waals surface area contributed by atoms with Crippen molar-refractivity contribution in [2.45, 2.75) is 32.7 Å². The molecule has 0 radical (unpaired) electrons. The molecule has 0 unspecified atom stereocenters. The van der Waals surface area contributed by atoms with Crippen LogP contribution in [0.15, 0.2) is 29.6 Å². The first-order valence-corrected chi connectivity index (χ1v) is 11.7. The summed E-state index contributed by atoms with van der Waals surface area (Å²) >= 11 is 7.83. The van der Waals surface area contributed by atoms with Crippen LogP contribution in [0.5, 0.6) is 5.75 Å². The Kier molecular flexibility index (Phi) is 8.35. The highest BCUT2D eigenvalue weighted by molar-refractivity contribution is 7.10. The molecule has 1 atom stereocenters.